The highest BCUT2D eigenvalue weighted by atomic mass is 79.9. The number of benzene rings is 1. The maximum atomic E-state index is 5.93. The molecule has 1 aromatic carbocycles. The summed E-state index contributed by atoms with van der Waals surface area (Å²) >= 11 is 3.49. The number of pyridine rings is 2. The number of nitrogen functional groups attached to an aromatic ring is 1. The second kappa shape index (κ2) is 5.09. The predicted molar refractivity (Wildman–Crippen MR) is 82.9 cm³/mol. The average Bonchev–Trinajstić information content (AvgIpc) is 2.47. The van der Waals surface area contributed by atoms with Crippen molar-refractivity contribution in [3.63, 3.8) is 0 Å². The first-order valence-corrected chi connectivity index (χ1v) is 6.88. The Bertz CT molecular complexity index is 789. The highest BCUT2D eigenvalue weighted by Gasteiger charge is 2.10. The molecule has 2 heterocycles. The number of aryl methyl sites for hydroxylation is 1. The number of nitrogens with zero attached hydrogens (tertiary/aromatic N) is 2. The number of anilines is 1. The van der Waals surface area contributed by atoms with Gasteiger partial charge in [0, 0.05) is 17.8 Å². The van der Waals surface area contributed by atoms with Crippen molar-refractivity contribution in [2.45, 2.75) is 6.92 Å². The number of ether oxygens (including phenoxy) is 1. The smallest absolute Gasteiger partial charge is 0.233 e. The molecule has 0 fully saturated rings. The largest absolute Gasteiger partial charge is 0.437 e. The van der Waals surface area contributed by atoms with Gasteiger partial charge in [0.2, 0.25) is 5.88 Å². The monoisotopic (exact) mass is 329 g/mol. The fourth-order valence-electron chi connectivity index (χ4n) is 1.95. The molecule has 3 rings (SSSR count). The van der Waals surface area contributed by atoms with Crippen molar-refractivity contribution in [1.82, 2.24) is 9.97 Å². The number of halogens is 1. The molecule has 0 amide bonds. The Balaban J connectivity index is 2.12. The molecule has 0 bridgehead atoms. The number of hydrogen-bond acceptors (Lipinski definition) is 4. The number of nitrogens with two attached hydrogens (primary N) is 1. The molecular formula is C15H12BrN3O. The van der Waals surface area contributed by atoms with Crippen molar-refractivity contribution >= 4 is 32.5 Å². The van der Waals surface area contributed by atoms with E-state index in [0.29, 0.717) is 17.3 Å². The van der Waals surface area contributed by atoms with Crippen LogP contribution in [-0.2, 0) is 0 Å². The first kappa shape index (κ1) is 12.9. The van der Waals surface area contributed by atoms with Crippen LogP contribution in [0.3, 0.4) is 0 Å². The minimum Gasteiger partial charge on any atom is -0.437 e. The molecule has 0 aliphatic heterocycles. The Morgan fingerprint density at radius 3 is 2.80 bits per heavy atom. The number of aromatic nitrogens is 2. The van der Waals surface area contributed by atoms with Gasteiger partial charge in [-0.05, 0) is 58.7 Å². The van der Waals surface area contributed by atoms with E-state index >= 15 is 0 Å². The first-order valence-electron chi connectivity index (χ1n) is 6.09. The van der Waals surface area contributed by atoms with Crippen molar-refractivity contribution in [2.24, 2.45) is 0 Å². The van der Waals surface area contributed by atoms with Gasteiger partial charge >= 0.3 is 0 Å². The van der Waals surface area contributed by atoms with Crippen molar-refractivity contribution in [2.75, 3.05) is 5.73 Å². The maximum Gasteiger partial charge on any atom is 0.233 e. The quantitative estimate of drug-likeness (QED) is 0.720. The van der Waals surface area contributed by atoms with Crippen LogP contribution in [-0.4, -0.2) is 9.97 Å². The van der Waals surface area contributed by atoms with E-state index in [1.54, 1.807) is 18.5 Å². The van der Waals surface area contributed by atoms with Crippen LogP contribution >= 0.6 is 15.9 Å². The molecule has 0 aliphatic rings. The van der Waals surface area contributed by atoms with E-state index in [1.807, 2.05) is 31.2 Å². The van der Waals surface area contributed by atoms with E-state index in [2.05, 4.69) is 25.9 Å². The molecule has 4 nitrogen and oxygen atoms in total. The third-order valence-electron chi connectivity index (χ3n) is 3.02. The lowest BCUT2D eigenvalue weighted by atomic mass is 10.2. The van der Waals surface area contributed by atoms with Gasteiger partial charge in [-0.1, -0.05) is 0 Å². The SMILES string of the molecule is Cc1ccnc(Oc2ccc(N)c3ncccc23)c1Br. The zero-order valence-corrected chi connectivity index (χ0v) is 12.4. The van der Waals surface area contributed by atoms with Gasteiger partial charge in [0.1, 0.15) is 5.75 Å². The molecule has 3 aromatic rings. The summed E-state index contributed by atoms with van der Waals surface area (Å²) in [6.07, 6.45) is 3.43. The van der Waals surface area contributed by atoms with Crippen LogP contribution in [0.5, 0.6) is 11.6 Å². The summed E-state index contributed by atoms with van der Waals surface area (Å²) in [7, 11) is 0. The van der Waals surface area contributed by atoms with Crippen LogP contribution in [0.25, 0.3) is 10.9 Å². The van der Waals surface area contributed by atoms with Gasteiger partial charge in [0.15, 0.2) is 0 Å². The zero-order valence-electron chi connectivity index (χ0n) is 10.8. The third-order valence-corrected chi connectivity index (χ3v) is 3.98. The van der Waals surface area contributed by atoms with Crippen molar-refractivity contribution < 1.29 is 4.74 Å². The molecular weight excluding hydrogens is 318 g/mol. The summed E-state index contributed by atoms with van der Waals surface area (Å²) in [5, 5.41) is 0.864. The molecule has 0 atom stereocenters. The Hall–Kier alpha value is -2.14. The molecule has 2 N–H and O–H groups in total. The van der Waals surface area contributed by atoms with E-state index in [1.165, 1.54) is 0 Å². The summed E-state index contributed by atoms with van der Waals surface area (Å²) in [6, 6.07) is 9.31. The number of fused-ring (bicyclic) bond motifs is 1. The van der Waals surface area contributed by atoms with Crippen LogP contribution in [0, 0.1) is 6.92 Å². The fraction of sp³-hybridized carbons (Fsp3) is 0.0667. The molecule has 100 valence electrons. The minimum atomic E-state index is 0.528. The summed E-state index contributed by atoms with van der Waals surface area (Å²) in [5.41, 5.74) is 8.35. The summed E-state index contributed by atoms with van der Waals surface area (Å²) in [4.78, 5) is 8.53. The standard InChI is InChI=1S/C15H12BrN3O/c1-9-6-8-19-15(13(9)16)20-12-5-4-11(17)14-10(12)3-2-7-18-14/h2-8H,17H2,1H3. The van der Waals surface area contributed by atoms with Crippen molar-refractivity contribution in [3.05, 3.63) is 52.8 Å². The van der Waals surface area contributed by atoms with Gasteiger partial charge in [-0.2, -0.15) is 0 Å². The van der Waals surface area contributed by atoms with Crippen LogP contribution in [0.2, 0.25) is 0 Å². The minimum absolute atomic E-state index is 0.528. The topological polar surface area (TPSA) is 61.0 Å². The second-order valence-electron chi connectivity index (χ2n) is 4.40. The van der Waals surface area contributed by atoms with Gasteiger partial charge in [-0.15, -0.1) is 0 Å². The molecule has 2 aromatic heterocycles. The average molecular weight is 330 g/mol. The Labute approximate surface area is 124 Å². The number of rotatable bonds is 2. The Morgan fingerprint density at radius 1 is 1.10 bits per heavy atom. The van der Waals surface area contributed by atoms with E-state index in [9.17, 15) is 0 Å². The summed E-state index contributed by atoms with van der Waals surface area (Å²) < 4.78 is 6.75. The van der Waals surface area contributed by atoms with Crippen molar-refractivity contribution in [3.8, 4) is 11.6 Å². The van der Waals surface area contributed by atoms with E-state index in [0.717, 1.165) is 20.9 Å². The predicted octanol–water partition coefficient (Wildman–Crippen LogP) is 4.08. The Kier molecular flexibility index (Phi) is 3.28. The molecule has 0 aliphatic carbocycles. The molecule has 20 heavy (non-hydrogen) atoms. The molecule has 0 spiro atoms. The van der Waals surface area contributed by atoms with Gasteiger partial charge in [-0.25, -0.2) is 4.98 Å². The van der Waals surface area contributed by atoms with E-state index in [4.69, 9.17) is 10.5 Å². The van der Waals surface area contributed by atoms with Gasteiger partial charge < -0.3 is 10.5 Å². The van der Waals surface area contributed by atoms with E-state index in [-0.39, 0.29) is 0 Å². The van der Waals surface area contributed by atoms with Gasteiger partial charge in [0.25, 0.3) is 0 Å². The van der Waals surface area contributed by atoms with Crippen LogP contribution in [0.15, 0.2) is 47.2 Å². The highest BCUT2D eigenvalue weighted by Crippen LogP contribution is 2.34. The maximum absolute atomic E-state index is 5.93. The Morgan fingerprint density at radius 2 is 1.95 bits per heavy atom. The van der Waals surface area contributed by atoms with Crippen LogP contribution < -0.4 is 10.5 Å². The lowest BCUT2D eigenvalue weighted by Gasteiger charge is -2.11. The van der Waals surface area contributed by atoms with Crippen molar-refractivity contribution in [1.29, 1.82) is 0 Å². The van der Waals surface area contributed by atoms with E-state index < -0.39 is 0 Å². The first-order chi connectivity index (χ1) is 9.66. The molecule has 0 saturated heterocycles. The lowest BCUT2D eigenvalue weighted by Crippen LogP contribution is -1.94. The van der Waals surface area contributed by atoms with Crippen LogP contribution in [0.4, 0.5) is 5.69 Å². The highest BCUT2D eigenvalue weighted by molar-refractivity contribution is 9.10. The number of hydrogen-bond donors (Lipinski definition) is 1. The molecule has 0 unspecified atom stereocenters. The molecule has 5 heteroatoms. The van der Waals surface area contributed by atoms with Crippen LogP contribution in [0.1, 0.15) is 5.56 Å². The normalized spacial score (nSPS) is 10.7. The van der Waals surface area contributed by atoms with Gasteiger partial charge in [-0.3, -0.25) is 4.98 Å². The zero-order chi connectivity index (χ0) is 14.1. The van der Waals surface area contributed by atoms with Gasteiger partial charge in [0.05, 0.1) is 15.7 Å². The summed E-state index contributed by atoms with van der Waals surface area (Å²) in [6.45, 7) is 1.99. The second-order valence-corrected chi connectivity index (χ2v) is 5.19. The molecule has 0 radical (unpaired) electrons. The molecule has 0 saturated carbocycles. The lowest BCUT2D eigenvalue weighted by molar-refractivity contribution is 0.464. The summed E-state index contributed by atoms with van der Waals surface area (Å²) in [5.74, 6) is 1.21. The third kappa shape index (κ3) is 2.20. The fourth-order valence-corrected chi connectivity index (χ4v) is 2.26.